The maximum atomic E-state index is 13.8. The minimum atomic E-state index is -0.765. The number of hydrogen-bond acceptors (Lipinski definition) is 8. The molecule has 3 N–H and O–H groups in total. The Balaban J connectivity index is 1.42. The highest BCUT2D eigenvalue weighted by atomic mass is 32.2. The molecule has 0 spiro atoms. The molecule has 2 amide bonds. The topological polar surface area (TPSA) is 143 Å². The Labute approximate surface area is 214 Å². The van der Waals surface area contributed by atoms with E-state index in [-0.39, 0.29) is 40.8 Å². The van der Waals surface area contributed by atoms with Gasteiger partial charge in [0.25, 0.3) is 11.5 Å². The molecule has 0 aliphatic heterocycles. The number of halogens is 2. The van der Waals surface area contributed by atoms with Gasteiger partial charge in [-0.05, 0) is 49.2 Å². The SMILES string of the molecule is Cc1ccc(NC(=O)COC(=O)CCc2nnc(SCC(=O)Nc3ccc(C)cc3F)[nH]c2=O)c(F)c1. The third-order valence-corrected chi connectivity index (χ3v) is 5.68. The number of amides is 2. The fraction of sp³-hybridized carbons (Fsp3) is 0.250. The van der Waals surface area contributed by atoms with Gasteiger partial charge in [0.1, 0.15) is 17.3 Å². The summed E-state index contributed by atoms with van der Waals surface area (Å²) in [6.07, 6.45) is -0.353. The number of benzene rings is 2. The number of hydrogen-bond donors (Lipinski definition) is 3. The Kier molecular flexibility index (Phi) is 9.44. The Morgan fingerprint density at radius 2 is 1.54 bits per heavy atom. The molecule has 0 fully saturated rings. The minimum absolute atomic E-state index is 0.0359. The van der Waals surface area contributed by atoms with Crippen LogP contribution in [0.5, 0.6) is 0 Å². The number of anilines is 2. The highest BCUT2D eigenvalue weighted by Crippen LogP contribution is 2.17. The van der Waals surface area contributed by atoms with Crippen molar-refractivity contribution < 1.29 is 27.9 Å². The summed E-state index contributed by atoms with van der Waals surface area (Å²) in [6.45, 7) is 2.80. The highest BCUT2D eigenvalue weighted by molar-refractivity contribution is 7.99. The first kappa shape index (κ1) is 27.5. The predicted molar refractivity (Wildman–Crippen MR) is 132 cm³/mol. The van der Waals surface area contributed by atoms with Crippen LogP contribution in [0.25, 0.3) is 0 Å². The maximum absolute atomic E-state index is 13.8. The fourth-order valence-electron chi connectivity index (χ4n) is 2.96. The van der Waals surface area contributed by atoms with Gasteiger partial charge in [-0.3, -0.25) is 24.2 Å². The number of nitrogens with one attached hydrogen (secondary N) is 3. The van der Waals surface area contributed by atoms with Crippen LogP contribution in [-0.2, 0) is 25.5 Å². The van der Waals surface area contributed by atoms with Gasteiger partial charge in [-0.1, -0.05) is 23.9 Å². The van der Waals surface area contributed by atoms with Crippen molar-refractivity contribution in [1.29, 1.82) is 0 Å². The number of H-pyrrole nitrogens is 1. The Morgan fingerprint density at radius 1 is 0.946 bits per heavy atom. The predicted octanol–water partition coefficient (Wildman–Crippen LogP) is 2.91. The quantitative estimate of drug-likeness (QED) is 0.268. The minimum Gasteiger partial charge on any atom is -0.456 e. The lowest BCUT2D eigenvalue weighted by molar-refractivity contribution is -0.147. The molecule has 10 nitrogen and oxygen atoms in total. The number of nitrogens with zero attached hydrogens (tertiary/aromatic N) is 2. The van der Waals surface area contributed by atoms with E-state index in [1.54, 1.807) is 26.0 Å². The van der Waals surface area contributed by atoms with Crippen LogP contribution in [-0.4, -0.2) is 45.3 Å². The molecule has 0 bridgehead atoms. The summed E-state index contributed by atoms with van der Waals surface area (Å²) in [7, 11) is 0. The van der Waals surface area contributed by atoms with E-state index >= 15 is 0 Å². The lowest BCUT2D eigenvalue weighted by Gasteiger charge is -2.08. The number of ether oxygens (including phenoxy) is 1. The van der Waals surface area contributed by atoms with E-state index in [0.29, 0.717) is 11.1 Å². The summed E-state index contributed by atoms with van der Waals surface area (Å²) in [5.41, 5.74) is 0.754. The largest absolute Gasteiger partial charge is 0.456 e. The van der Waals surface area contributed by atoms with Crippen molar-refractivity contribution in [2.45, 2.75) is 31.8 Å². The smallest absolute Gasteiger partial charge is 0.306 e. The van der Waals surface area contributed by atoms with Crippen LogP contribution in [0.2, 0.25) is 0 Å². The van der Waals surface area contributed by atoms with Crippen molar-refractivity contribution in [3.63, 3.8) is 0 Å². The van der Waals surface area contributed by atoms with Gasteiger partial charge < -0.3 is 15.4 Å². The zero-order valence-corrected chi connectivity index (χ0v) is 20.7. The molecule has 3 aromatic rings. The van der Waals surface area contributed by atoms with E-state index < -0.39 is 41.6 Å². The molecule has 0 saturated heterocycles. The van der Waals surface area contributed by atoms with Crippen molar-refractivity contribution in [2.75, 3.05) is 23.0 Å². The van der Waals surface area contributed by atoms with Gasteiger partial charge in [-0.15, -0.1) is 10.2 Å². The molecule has 13 heteroatoms. The molecule has 0 radical (unpaired) electrons. The van der Waals surface area contributed by atoms with Gasteiger partial charge in [0, 0.05) is 6.42 Å². The van der Waals surface area contributed by atoms with Crippen LogP contribution in [0.15, 0.2) is 46.3 Å². The van der Waals surface area contributed by atoms with Gasteiger partial charge >= 0.3 is 5.97 Å². The number of esters is 1. The van der Waals surface area contributed by atoms with Crippen LogP contribution in [0.4, 0.5) is 20.2 Å². The van der Waals surface area contributed by atoms with Gasteiger partial charge in [-0.2, -0.15) is 0 Å². The Morgan fingerprint density at radius 3 is 2.11 bits per heavy atom. The number of rotatable bonds is 10. The lowest BCUT2D eigenvalue weighted by atomic mass is 10.2. The first-order chi connectivity index (χ1) is 17.6. The van der Waals surface area contributed by atoms with Gasteiger partial charge in [0.15, 0.2) is 11.8 Å². The second kappa shape index (κ2) is 12.7. The van der Waals surface area contributed by atoms with E-state index in [0.717, 1.165) is 11.8 Å². The van der Waals surface area contributed by atoms with Crippen molar-refractivity contribution in [2.24, 2.45) is 0 Å². The number of aromatic nitrogens is 3. The monoisotopic (exact) mass is 531 g/mol. The summed E-state index contributed by atoms with van der Waals surface area (Å²) in [4.78, 5) is 50.5. The standard InChI is InChI=1S/C24H23F2N5O5S/c1-13-3-5-17(15(25)9-13)27-20(32)11-36-22(34)8-7-19-23(35)29-24(31-30-19)37-12-21(33)28-18-6-4-14(2)10-16(18)26/h3-6,9-10H,7-8,11-12H2,1-2H3,(H,27,32)(H,28,33)(H,29,31,35). The van der Waals surface area contributed by atoms with Crippen molar-refractivity contribution in [3.8, 4) is 0 Å². The van der Waals surface area contributed by atoms with Crippen LogP contribution >= 0.6 is 11.8 Å². The van der Waals surface area contributed by atoms with Gasteiger partial charge in [0.05, 0.1) is 23.5 Å². The molecule has 0 unspecified atom stereocenters. The van der Waals surface area contributed by atoms with Crippen molar-refractivity contribution in [1.82, 2.24) is 15.2 Å². The molecule has 1 aromatic heterocycles. The number of carbonyl (C=O) groups is 3. The number of aromatic amines is 1. The van der Waals surface area contributed by atoms with Gasteiger partial charge in [0.2, 0.25) is 5.91 Å². The number of carbonyl (C=O) groups excluding carboxylic acids is 3. The molecular formula is C24H23F2N5O5S. The van der Waals surface area contributed by atoms with E-state index in [1.807, 2.05) is 0 Å². The van der Waals surface area contributed by atoms with E-state index in [9.17, 15) is 28.0 Å². The number of thioether (sulfide) groups is 1. The molecule has 194 valence electrons. The third-order valence-electron chi connectivity index (χ3n) is 4.81. The summed E-state index contributed by atoms with van der Waals surface area (Å²) >= 11 is 0.891. The van der Waals surface area contributed by atoms with Gasteiger partial charge in [-0.25, -0.2) is 8.78 Å². The maximum Gasteiger partial charge on any atom is 0.306 e. The number of aryl methyl sites for hydroxylation is 3. The molecule has 0 atom stereocenters. The van der Waals surface area contributed by atoms with Crippen LogP contribution in [0.3, 0.4) is 0 Å². The first-order valence-corrected chi connectivity index (χ1v) is 12.0. The fourth-order valence-corrected chi connectivity index (χ4v) is 3.57. The van der Waals surface area contributed by atoms with Crippen molar-refractivity contribution >= 4 is 40.9 Å². The second-order valence-electron chi connectivity index (χ2n) is 7.92. The molecule has 2 aromatic carbocycles. The highest BCUT2D eigenvalue weighted by Gasteiger charge is 2.14. The van der Waals surface area contributed by atoms with E-state index in [1.165, 1.54) is 24.3 Å². The normalized spacial score (nSPS) is 10.6. The lowest BCUT2D eigenvalue weighted by Crippen LogP contribution is -2.23. The third kappa shape index (κ3) is 8.49. The molecule has 37 heavy (non-hydrogen) atoms. The molecule has 0 saturated carbocycles. The zero-order chi connectivity index (χ0) is 26.9. The van der Waals surface area contributed by atoms with Crippen LogP contribution < -0.4 is 16.2 Å². The van der Waals surface area contributed by atoms with E-state index in [2.05, 4.69) is 25.8 Å². The summed E-state index contributed by atoms with van der Waals surface area (Å²) < 4.78 is 32.5. The first-order valence-electron chi connectivity index (χ1n) is 11.0. The Bertz CT molecular complexity index is 1380. The second-order valence-corrected chi connectivity index (χ2v) is 8.88. The average molecular weight is 532 g/mol. The average Bonchev–Trinajstić information content (AvgIpc) is 2.84. The molecule has 3 rings (SSSR count). The van der Waals surface area contributed by atoms with Crippen LogP contribution in [0.1, 0.15) is 23.2 Å². The summed E-state index contributed by atoms with van der Waals surface area (Å²) in [6, 6.07) is 8.67. The van der Waals surface area contributed by atoms with E-state index in [4.69, 9.17) is 4.74 Å². The summed E-state index contributed by atoms with van der Waals surface area (Å²) in [5, 5.41) is 12.4. The molecule has 0 aliphatic rings. The zero-order valence-electron chi connectivity index (χ0n) is 19.9. The van der Waals surface area contributed by atoms with Crippen LogP contribution in [0, 0.1) is 25.5 Å². The van der Waals surface area contributed by atoms with Crippen molar-refractivity contribution in [3.05, 3.63) is 75.2 Å². The Hall–Kier alpha value is -4.13. The molecule has 0 aliphatic carbocycles. The molecule has 1 heterocycles. The summed E-state index contributed by atoms with van der Waals surface area (Å²) in [5.74, 6) is -3.31. The molecular weight excluding hydrogens is 508 g/mol.